The predicted octanol–water partition coefficient (Wildman–Crippen LogP) is 6.30. The summed E-state index contributed by atoms with van der Waals surface area (Å²) in [4.78, 5) is 11.4. The highest BCUT2D eigenvalue weighted by atomic mass is 16.5. The van der Waals surface area contributed by atoms with Gasteiger partial charge in [-0.1, -0.05) is 38.3 Å². The van der Waals surface area contributed by atoms with Gasteiger partial charge < -0.3 is 4.74 Å². The molecule has 0 aromatic carbocycles. The lowest BCUT2D eigenvalue weighted by atomic mass is 9.45. The lowest BCUT2D eigenvalue weighted by Crippen LogP contribution is -2.50. The number of rotatable bonds is 4. The number of fused-ring (bicyclic) bond motifs is 5. The fourth-order valence-corrected chi connectivity index (χ4v) is 7.61. The Morgan fingerprint density at radius 2 is 1.92 bits per heavy atom. The quantitative estimate of drug-likeness (QED) is 0.435. The molecule has 0 aromatic rings. The van der Waals surface area contributed by atoms with Crippen LogP contribution in [0.1, 0.15) is 90.9 Å². The molecule has 0 aromatic heterocycles. The molecule has 146 valence electrons. The van der Waals surface area contributed by atoms with Gasteiger partial charge in [-0.2, -0.15) is 0 Å². The molecule has 0 N–H and O–H groups in total. The van der Waals surface area contributed by atoms with Crippen LogP contribution in [0.4, 0.5) is 0 Å². The third-order valence-electron chi connectivity index (χ3n) is 9.37. The van der Waals surface area contributed by atoms with E-state index < -0.39 is 0 Å². The Kier molecular flexibility index (Phi) is 4.99. The SMILES string of the molecule is COC(=O)CCCC1CCC2C3CCC4(C)CCCCC4(C)C3=CCC12. The van der Waals surface area contributed by atoms with E-state index in [4.69, 9.17) is 4.74 Å². The van der Waals surface area contributed by atoms with Crippen LogP contribution >= 0.6 is 0 Å². The molecule has 0 aliphatic heterocycles. The van der Waals surface area contributed by atoms with Crippen LogP contribution in [0.15, 0.2) is 11.6 Å². The van der Waals surface area contributed by atoms with Gasteiger partial charge in [0.15, 0.2) is 0 Å². The van der Waals surface area contributed by atoms with E-state index in [1.807, 2.05) is 5.57 Å². The van der Waals surface area contributed by atoms with Crippen molar-refractivity contribution in [1.82, 2.24) is 0 Å². The minimum atomic E-state index is -0.0397. The number of methoxy groups -OCH3 is 1. The van der Waals surface area contributed by atoms with Crippen LogP contribution in [0.5, 0.6) is 0 Å². The molecule has 6 unspecified atom stereocenters. The average molecular weight is 359 g/mol. The molecule has 2 nitrogen and oxygen atoms in total. The second-order valence-electron chi connectivity index (χ2n) is 10.3. The molecule has 0 radical (unpaired) electrons. The van der Waals surface area contributed by atoms with Gasteiger partial charge in [0.2, 0.25) is 0 Å². The van der Waals surface area contributed by atoms with Crippen LogP contribution in [0.25, 0.3) is 0 Å². The highest BCUT2D eigenvalue weighted by molar-refractivity contribution is 5.68. The van der Waals surface area contributed by atoms with Gasteiger partial charge >= 0.3 is 5.97 Å². The molecular weight excluding hydrogens is 320 g/mol. The van der Waals surface area contributed by atoms with E-state index in [0.717, 1.165) is 30.1 Å². The largest absolute Gasteiger partial charge is 0.469 e. The lowest BCUT2D eigenvalue weighted by molar-refractivity contribution is -0.140. The van der Waals surface area contributed by atoms with Crippen molar-refractivity contribution < 1.29 is 9.53 Å². The molecule has 3 fully saturated rings. The summed E-state index contributed by atoms with van der Waals surface area (Å²) in [6, 6.07) is 0. The molecule has 0 heterocycles. The topological polar surface area (TPSA) is 26.3 Å². The van der Waals surface area contributed by atoms with E-state index in [2.05, 4.69) is 19.9 Å². The zero-order valence-electron chi connectivity index (χ0n) is 17.2. The van der Waals surface area contributed by atoms with Gasteiger partial charge in [-0.15, -0.1) is 0 Å². The molecule has 0 amide bonds. The fourth-order valence-electron chi connectivity index (χ4n) is 7.61. The fraction of sp³-hybridized carbons (Fsp3) is 0.875. The normalized spacial score (nSPS) is 44.5. The first-order valence-corrected chi connectivity index (χ1v) is 11.3. The van der Waals surface area contributed by atoms with Gasteiger partial charge in [-0.3, -0.25) is 4.79 Å². The number of ether oxygens (including phenoxy) is 1. The van der Waals surface area contributed by atoms with E-state index in [-0.39, 0.29) is 5.97 Å². The number of hydrogen-bond donors (Lipinski definition) is 0. The molecule has 0 saturated heterocycles. The molecule has 4 rings (SSSR count). The highest BCUT2D eigenvalue weighted by Crippen LogP contribution is 2.66. The summed E-state index contributed by atoms with van der Waals surface area (Å²) in [7, 11) is 1.50. The molecule has 2 heteroatoms. The molecule has 0 spiro atoms. The smallest absolute Gasteiger partial charge is 0.305 e. The van der Waals surface area contributed by atoms with Gasteiger partial charge in [-0.25, -0.2) is 0 Å². The summed E-state index contributed by atoms with van der Waals surface area (Å²) in [6.45, 7) is 5.22. The Bertz CT molecular complexity index is 579. The first-order chi connectivity index (χ1) is 12.5. The number of carbonyl (C=O) groups excluding carboxylic acids is 1. The van der Waals surface area contributed by atoms with E-state index in [9.17, 15) is 4.79 Å². The average Bonchev–Trinajstić information content (AvgIpc) is 3.05. The Hall–Kier alpha value is -0.790. The van der Waals surface area contributed by atoms with Crippen molar-refractivity contribution >= 4 is 5.97 Å². The van der Waals surface area contributed by atoms with Crippen LogP contribution in [-0.4, -0.2) is 13.1 Å². The number of allylic oxidation sites excluding steroid dienone is 2. The van der Waals surface area contributed by atoms with Crippen LogP contribution in [0.2, 0.25) is 0 Å². The Labute approximate surface area is 160 Å². The number of esters is 1. The third kappa shape index (κ3) is 2.87. The Balaban J connectivity index is 1.47. The number of hydrogen-bond acceptors (Lipinski definition) is 2. The summed E-state index contributed by atoms with van der Waals surface area (Å²) in [5.41, 5.74) is 2.91. The van der Waals surface area contributed by atoms with E-state index in [1.165, 1.54) is 71.3 Å². The summed E-state index contributed by atoms with van der Waals surface area (Å²) in [5, 5.41) is 0. The third-order valence-corrected chi connectivity index (χ3v) is 9.37. The van der Waals surface area contributed by atoms with Crippen molar-refractivity contribution in [1.29, 1.82) is 0 Å². The Morgan fingerprint density at radius 3 is 2.73 bits per heavy atom. The van der Waals surface area contributed by atoms with Gasteiger partial charge in [0.1, 0.15) is 0 Å². The monoisotopic (exact) mass is 358 g/mol. The number of carbonyl (C=O) groups is 1. The van der Waals surface area contributed by atoms with Crippen molar-refractivity contribution in [2.45, 2.75) is 90.9 Å². The maximum atomic E-state index is 11.4. The summed E-state index contributed by atoms with van der Waals surface area (Å²) < 4.78 is 4.81. The molecule has 0 bridgehead atoms. The minimum Gasteiger partial charge on any atom is -0.469 e. The van der Waals surface area contributed by atoms with Crippen molar-refractivity contribution in [2.75, 3.05) is 7.11 Å². The molecule has 6 atom stereocenters. The predicted molar refractivity (Wildman–Crippen MR) is 106 cm³/mol. The van der Waals surface area contributed by atoms with Gasteiger partial charge in [0, 0.05) is 6.42 Å². The summed E-state index contributed by atoms with van der Waals surface area (Å²) in [5.74, 6) is 3.49. The van der Waals surface area contributed by atoms with Crippen molar-refractivity contribution in [3.63, 3.8) is 0 Å². The van der Waals surface area contributed by atoms with E-state index in [0.29, 0.717) is 17.3 Å². The van der Waals surface area contributed by atoms with Crippen LogP contribution in [0.3, 0.4) is 0 Å². The minimum absolute atomic E-state index is 0.0397. The van der Waals surface area contributed by atoms with Crippen LogP contribution in [-0.2, 0) is 9.53 Å². The maximum absolute atomic E-state index is 11.4. The molecule has 4 aliphatic carbocycles. The first-order valence-electron chi connectivity index (χ1n) is 11.3. The maximum Gasteiger partial charge on any atom is 0.305 e. The second kappa shape index (κ2) is 6.99. The van der Waals surface area contributed by atoms with Crippen LogP contribution < -0.4 is 0 Å². The van der Waals surface area contributed by atoms with Gasteiger partial charge in [-0.05, 0) is 92.3 Å². The zero-order valence-corrected chi connectivity index (χ0v) is 17.2. The summed E-state index contributed by atoms with van der Waals surface area (Å²) in [6.07, 6.45) is 18.3. The van der Waals surface area contributed by atoms with Crippen molar-refractivity contribution in [3.8, 4) is 0 Å². The molecule has 3 saturated carbocycles. The van der Waals surface area contributed by atoms with E-state index in [1.54, 1.807) is 0 Å². The Morgan fingerprint density at radius 1 is 1.12 bits per heavy atom. The molecule has 4 aliphatic rings. The standard InChI is InChI=1S/C24H38O2/c1-23-14-4-5-15-24(23,2)21-12-11-18-17(7-6-8-22(25)26-3)9-10-19(18)20(21)13-16-23/h12,17-20H,4-11,13-16H2,1-3H3. The molecular formula is C24H38O2. The van der Waals surface area contributed by atoms with Gasteiger partial charge in [0.25, 0.3) is 0 Å². The second-order valence-corrected chi connectivity index (χ2v) is 10.3. The van der Waals surface area contributed by atoms with Gasteiger partial charge in [0.05, 0.1) is 7.11 Å². The summed E-state index contributed by atoms with van der Waals surface area (Å²) >= 11 is 0. The zero-order chi connectivity index (χ0) is 18.4. The highest BCUT2D eigenvalue weighted by Gasteiger charge is 2.56. The van der Waals surface area contributed by atoms with Crippen molar-refractivity contribution in [2.24, 2.45) is 34.5 Å². The van der Waals surface area contributed by atoms with Crippen LogP contribution in [0, 0.1) is 34.5 Å². The van der Waals surface area contributed by atoms with Crippen molar-refractivity contribution in [3.05, 3.63) is 11.6 Å². The van der Waals surface area contributed by atoms with E-state index >= 15 is 0 Å². The molecule has 26 heavy (non-hydrogen) atoms. The first kappa shape index (κ1) is 18.6. The lowest BCUT2D eigenvalue weighted by Gasteiger charge is -2.59.